The van der Waals surface area contributed by atoms with Gasteiger partial charge in [-0.2, -0.15) is 0 Å². The van der Waals surface area contributed by atoms with Gasteiger partial charge in [0, 0.05) is 16.6 Å². The lowest BCUT2D eigenvalue weighted by Gasteiger charge is -2.08. The van der Waals surface area contributed by atoms with Crippen LogP contribution in [0.2, 0.25) is 4.34 Å². The van der Waals surface area contributed by atoms with E-state index in [1.165, 1.54) is 47.7 Å². The predicted molar refractivity (Wildman–Crippen MR) is 140 cm³/mol. The third kappa shape index (κ3) is 6.40. The SMILES string of the molecule is COc1ccc(-c2csc(NC(=O)COC(=O)c3ccc(NS(=O)(=O)c4ccc(Cl)s4)cc3)n2)cc1. The number of thiazole rings is 1. The third-order valence-corrected chi connectivity index (χ3v) is 8.52. The lowest BCUT2D eigenvalue weighted by atomic mass is 10.2. The summed E-state index contributed by atoms with van der Waals surface area (Å²) in [6, 6.07) is 15.8. The van der Waals surface area contributed by atoms with Gasteiger partial charge in [0.2, 0.25) is 0 Å². The number of benzene rings is 2. The minimum Gasteiger partial charge on any atom is -0.497 e. The number of sulfonamides is 1. The van der Waals surface area contributed by atoms with Crippen molar-refractivity contribution in [2.45, 2.75) is 4.21 Å². The van der Waals surface area contributed by atoms with Crippen LogP contribution in [0.15, 0.2) is 70.3 Å². The van der Waals surface area contributed by atoms with Gasteiger partial charge >= 0.3 is 5.97 Å². The fourth-order valence-electron chi connectivity index (χ4n) is 2.92. The van der Waals surface area contributed by atoms with Crippen LogP contribution in [0.4, 0.5) is 10.8 Å². The Kier molecular flexibility index (Phi) is 7.89. The number of anilines is 2. The van der Waals surface area contributed by atoms with E-state index in [9.17, 15) is 18.0 Å². The van der Waals surface area contributed by atoms with Crippen molar-refractivity contribution < 1.29 is 27.5 Å². The summed E-state index contributed by atoms with van der Waals surface area (Å²) in [4.78, 5) is 28.9. The summed E-state index contributed by atoms with van der Waals surface area (Å²) < 4.78 is 37.7. The Morgan fingerprint density at radius 1 is 1.03 bits per heavy atom. The van der Waals surface area contributed by atoms with Crippen LogP contribution in [0.3, 0.4) is 0 Å². The van der Waals surface area contributed by atoms with Gasteiger partial charge in [0.25, 0.3) is 15.9 Å². The highest BCUT2D eigenvalue weighted by atomic mass is 35.5. The molecule has 36 heavy (non-hydrogen) atoms. The molecule has 0 fully saturated rings. The van der Waals surface area contributed by atoms with Crippen LogP contribution in [0, 0.1) is 0 Å². The molecule has 0 saturated carbocycles. The van der Waals surface area contributed by atoms with Crippen LogP contribution in [0.1, 0.15) is 10.4 Å². The number of methoxy groups -OCH3 is 1. The number of amides is 1. The summed E-state index contributed by atoms with van der Waals surface area (Å²) in [5.41, 5.74) is 1.96. The Morgan fingerprint density at radius 3 is 2.39 bits per heavy atom. The monoisotopic (exact) mass is 563 g/mol. The van der Waals surface area contributed by atoms with Crippen molar-refractivity contribution >= 4 is 67.0 Å². The Hall–Kier alpha value is -3.45. The van der Waals surface area contributed by atoms with E-state index in [2.05, 4.69) is 15.0 Å². The first-order chi connectivity index (χ1) is 17.2. The highest BCUT2D eigenvalue weighted by Gasteiger charge is 2.17. The summed E-state index contributed by atoms with van der Waals surface area (Å²) in [6.07, 6.45) is 0. The smallest absolute Gasteiger partial charge is 0.338 e. The number of hydrogen-bond donors (Lipinski definition) is 2. The fourth-order valence-corrected chi connectivity index (χ4v) is 6.19. The van der Waals surface area contributed by atoms with Gasteiger partial charge in [-0.3, -0.25) is 14.8 Å². The van der Waals surface area contributed by atoms with Crippen molar-refractivity contribution in [3.05, 3.63) is 75.9 Å². The highest BCUT2D eigenvalue weighted by molar-refractivity contribution is 7.94. The minimum absolute atomic E-state index is 0.0679. The Morgan fingerprint density at radius 2 is 1.75 bits per heavy atom. The second-order valence-corrected chi connectivity index (χ2v) is 11.6. The zero-order valence-electron chi connectivity index (χ0n) is 18.6. The summed E-state index contributed by atoms with van der Waals surface area (Å²) in [5, 5.41) is 4.76. The fraction of sp³-hybridized carbons (Fsp3) is 0.0870. The van der Waals surface area contributed by atoms with E-state index in [0.29, 0.717) is 15.2 Å². The molecule has 2 heterocycles. The second-order valence-electron chi connectivity index (χ2n) is 7.13. The Labute approximate surface area is 219 Å². The zero-order chi connectivity index (χ0) is 25.7. The third-order valence-electron chi connectivity index (χ3n) is 4.66. The molecule has 0 bridgehead atoms. The van der Waals surface area contributed by atoms with Crippen LogP contribution in [-0.4, -0.2) is 39.0 Å². The summed E-state index contributed by atoms with van der Waals surface area (Å²) in [6.45, 7) is -0.510. The number of esters is 1. The first-order valence-electron chi connectivity index (χ1n) is 10.2. The van der Waals surface area contributed by atoms with E-state index in [0.717, 1.165) is 22.6 Å². The molecule has 2 N–H and O–H groups in total. The van der Waals surface area contributed by atoms with E-state index in [-0.39, 0.29) is 15.5 Å². The maximum Gasteiger partial charge on any atom is 0.338 e. The molecular formula is C23H18ClN3O6S3. The number of carbonyl (C=O) groups is 2. The maximum absolute atomic E-state index is 12.4. The molecule has 0 saturated heterocycles. The molecule has 0 unspecified atom stereocenters. The predicted octanol–water partition coefficient (Wildman–Crippen LogP) is 5.13. The van der Waals surface area contributed by atoms with Crippen LogP contribution < -0.4 is 14.8 Å². The number of nitrogens with one attached hydrogen (secondary N) is 2. The minimum atomic E-state index is -3.79. The van der Waals surface area contributed by atoms with Gasteiger partial charge in [0.05, 0.1) is 22.7 Å². The van der Waals surface area contributed by atoms with Crippen LogP contribution in [0.5, 0.6) is 5.75 Å². The van der Waals surface area contributed by atoms with Crippen molar-refractivity contribution in [2.24, 2.45) is 0 Å². The van der Waals surface area contributed by atoms with Crippen LogP contribution in [0.25, 0.3) is 11.3 Å². The lowest BCUT2D eigenvalue weighted by Crippen LogP contribution is -2.20. The van der Waals surface area contributed by atoms with Gasteiger partial charge in [-0.05, 0) is 60.7 Å². The number of thiophene rings is 1. The van der Waals surface area contributed by atoms with Crippen molar-refractivity contribution in [3.8, 4) is 17.0 Å². The molecule has 0 spiro atoms. The van der Waals surface area contributed by atoms with E-state index in [1.807, 2.05) is 24.3 Å². The van der Waals surface area contributed by atoms with Gasteiger partial charge in [0.15, 0.2) is 11.7 Å². The Balaban J connectivity index is 1.28. The molecule has 0 aliphatic carbocycles. The van der Waals surface area contributed by atoms with Crippen molar-refractivity contribution in [1.82, 2.24) is 4.98 Å². The Bertz CT molecular complexity index is 1480. The maximum atomic E-state index is 12.4. The summed E-state index contributed by atoms with van der Waals surface area (Å²) in [5.74, 6) is -0.551. The molecule has 0 radical (unpaired) electrons. The van der Waals surface area contributed by atoms with E-state index >= 15 is 0 Å². The second kappa shape index (κ2) is 11.1. The molecule has 0 aliphatic heterocycles. The van der Waals surface area contributed by atoms with E-state index in [1.54, 1.807) is 12.5 Å². The first kappa shape index (κ1) is 25.6. The number of halogens is 1. The first-order valence-corrected chi connectivity index (χ1v) is 13.7. The number of aromatic nitrogens is 1. The van der Waals surface area contributed by atoms with Crippen molar-refractivity contribution in [2.75, 3.05) is 23.8 Å². The number of rotatable bonds is 9. The number of nitrogens with zero attached hydrogens (tertiary/aromatic N) is 1. The van der Waals surface area contributed by atoms with Gasteiger partial charge in [-0.25, -0.2) is 18.2 Å². The van der Waals surface area contributed by atoms with Crippen molar-refractivity contribution in [1.29, 1.82) is 0 Å². The number of hydrogen-bond acceptors (Lipinski definition) is 9. The van der Waals surface area contributed by atoms with Crippen LogP contribution in [-0.2, 0) is 19.6 Å². The van der Waals surface area contributed by atoms with Crippen LogP contribution >= 0.6 is 34.3 Å². The molecule has 2 aromatic heterocycles. The topological polar surface area (TPSA) is 124 Å². The summed E-state index contributed by atoms with van der Waals surface area (Å²) in [7, 11) is -2.21. The largest absolute Gasteiger partial charge is 0.497 e. The highest BCUT2D eigenvalue weighted by Crippen LogP contribution is 2.28. The van der Waals surface area contributed by atoms with E-state index in [4.69, 9.17) is 21.1 Å². The number of ether oxygens (including phenoxy) is 2. The summed E-state index contributed by atoms with van der Waals surface area (Å²) >= 11 is 7.97. The van der Waals surface area contributed by atoms with Gasteiger partial charge in [-0.15, -0.1) is 22.7 Å². The molecule has 186 valence electrons. The molecular weight excluding hydrogens is 546 g/mol. The van der Waals surface area contributed by atoms with E-state index < -0.39 is 28.5 Å². The van der Waals surface area contributed by atoms with Gasteiger partial charge in [0.1, 0.15) is 9.96 Å². The average Bonchev–Trinajstić information content (AvgIpc) is 3.52. The number of carbonyl (C=O) groups excluding carboxylic acids is 2. The molecule has 0 aliphatic rings. The molecule has 0 atom stereocenters. The molecule has 4 aromatic rings. The van der Waals surface area contributed by atoms with Crippen molar-refractivity contribution in [3.63, 3.8) is 0 Å². The molecule has 4 rings (SSSR count). The average molecular weight is 564 g/mol. The molecule has 1 amide bonds. The molecule has 2 aromatic carbocycles. The standard InChI is InChI=1S/C23H18ClN3O6S3/c1-32-17-8-4-14(5-9-17)18-13-34-23(25-18)26-20(28)12-33-22(29)15-2-6-16(7-3-15)27-36(30,31)21-11-10-19(24)35-21/h2-11,13,27H,12H2,1H3,(H,25,26,28). The van der Waals surface area contributed by atoms with Gasteiger partial charge < -0.3 is 9.47 Å². The lowest BCUT2D eigenvalue weighted by molar-refractivity contribution is -0.119. The molecule has 13 heteroatoms. The quantitative estimate of drug-likeness (QED) is 0.270. The zero-order valence-corrected chi connectivity index (χ0v) is 21.8. The molecule has 9 nitrogen and oxygen atoms in total. The normalized spacial score (nSPS) is 11.1. The van der Waals surface area contributed by atoms with Gasteiger partial charge in [-0.1, -0.05) is 11.6 Å².